The van der Waals surface area contributed by atoms with Gasteiger partial charge in [-0.1, -0.05) is 11.6 Å². The Morgan fingerprint density at radius 1 is 1.29 bits per heavy atom. The van der Waals surface area contributed by atoms with Gasteiger partial charge in [-0.05, 0) is 51.1 Å². The third-order valence-corrected chi connectivity index (χ3v) is 3.02. The van der Waals surface area contributed by atoms with Crippen LogP contribution in [0, 0.1) is 6.92 Å². The van der Waals surface area contributed by atoms with Gasteiger partial charge in [0.25, 0.3) is 5.91 Å². The largest absolute Gasteiger partial charge is 0.489 e. The van der Waals surface area contributed by atoms with Crippen molar-refractivity contribution in [1.82, 2.24) is 4.98 Å². The summed E-state index contributed by atoms with van der Waals surface area (Å²) in [5.41, 5.74) is 1.98. The molecular weight excluding hydrogens is 288 g/mol. The van der Waals surface area contributed by atoms with E-state index in [1.807, 2.05) is 20.8 Å². The van der Waals surface area contributed by atoms with Crippen molar-refractivity contribution in [2.75, 3.05) is 5.32 Å². The van der Waals surface area contributed by atoms with E-state index in [1.165, 1.54) is 0 Å². The number of halogens is 1. The zero-order valence-electron chi connectivity index (χ0n) is 12.2. The summed E-state index contributed by atoms with van der Waals surface area (Å²) in [6.45, 7) is 5.72. The molecule has 0 unspecified atom stereocenters. The Morgan fingerprint density at radius 2 is 2.05 bits per heavy atom. The van der Waals surface area contributed by atoms with Gasteiger partial charge in [0.1, 0.15) is 5.75 Å². The molecule has 0 aliphatic carbocycles. The van der Waals surface area contributed by atoms with Gasteiger partial charge in [0.05, 0.1) is 16.7 Å². The van der Waals surface area contributed by atoms with Gasteiger partial charge in [0.2, 0.25) is 0 Å². The van der Waals surface area contributed by atoms with Crippen molar-refractivity contribution in [2.24, 2.45) is 0 Å². The van der Waals surface area contributed by atoms with Crippen LogP contribution in [0.4, 0.5) is 5.69 Å². The molecule has 110 valence electrons. The second kappa shape index (κ2) is 6.59. The van der Waals surface area contributed by atoms with E-state index in [0.717, 1.165) is 5.69 Å². The Hall–Kier alpha value is -2.07. The zero-order valence-corrected chi connectivity index (χ0v) is 12.9. The van der Waals surface area contributed by atoms with Crippen LogP contribution in [0.3, 0.4) is 0 Å². The minimum Gasteiger partial charge on any atom is -0.489 e. The number of aryl methyl sites for hydroxylation is 1. The number of amides is 1. The number of pyridine rings is 1. The van der Waals surface area contributed by atoms with Crippen molar-refractivity contribution in [3.05, 3.63) is 52.8 Å². The molecular formula is C16H17ClN2O2. The monoisotopic (exact) mass is 304 g/mol. The second-order valence-electron chi connectivity index (χ2n) is 4.95. The lowest BCUT2D eigenvalue weighted by molar-refractivity contribution is 0.102. The standard InChI is InChI=1S/C16H17ClN2O2/c1-10(2)21-15-7-6-13(8-14(15)17)19-16(20)12-5-4-11(3)18-9-12/h4-10H,1-3H3,(H,19,20). The molecule has 0 radical (unpaired) electrons. The molecule has 2 rings (SSSR count). The molecule has 0 saturated carbocycles. The predicted octanol–water partition coefficient (Wildman–Crippen LogP) is 4.08. The smallest absolute Gasteiger partial charge is 0.257 e. The minimum absolute atomic E-state index is 0.0431. The molecule has 1 amide bonds. The zero-order chi connectivity index (χ0) is 15.4. The Labute approximate surface area is 129 Å². The summed E-state index contributed by atoms with van der Waals surface area (Å²) in [6, 6.07) is 8.68. The van der Waals surface area contributed by atoms with Gasteiger partial charge >= 0.3 is 0 Å². The molecule has 0 saturated heterocycles. The molecule has 1 aromatic heterocycles. The van der Waals surface area contributed by atoms with Crippen molar-refractivity contribution < 1.29 is 9.53 Å². The Balaban J connectivity index is 2.11. The maximum atomic E-state index is 12.1. The molecule has 0 aliphatic heterocycles. The summed E-state index contributed by atoms with van der Waals surface area (Å²) >= 11 is 6.14. The van der Waals surface area contributed by atoms with E-state index < -0.39 is 0 Å². The van der Waals surface area contributed by atoms with E-state index in [4.69, 9.17) is 16.3 Å². The first-order chi connectivity index (χ1) is 9.95. The number of aromatic nitrogens is 1. The number of anilines is 1. The van der Waals surface area contributed by atoms with Crippen LogP contribution in [0.5, 0.6) is 5.75 Å². The number of rotatable bonds is 4. The average molecular weight is 305 g/mol. The number of carbonyl (C=O) groups is 1. The number of nitrogens with zero attached hydrogens (tertiary/aromatic N) is 1. The van der Waals surface area contributed by atoms with E-state index >= 15 is 0 Å². The highest BCUT2D eigenvalue weighted by Gasteiger charge is 2.09. The van der Waals surface area contributed by atoms with Gasteiger partial charge in [-0.25, -0.2) is 0 Å². The molecule has 0 bridgehead atoms. The summed E-state index contributed by atoms with van der Waals surface area (Å²) in [5, 5.41) is 3.24. The molecule has 2 aromatic rings. The fourth-order valence-corrected chi connectivity index (χ4v) is 1.96. The SMILES string of the molecule is Cc1ccc(C(=O)Nc2ccc(OC(C)C)c(Cl)c2)cn1. The molecule has 21 heavy (non-hydrogen) atoms. The first-order valence-electron chi connectivity index (χ1n) is 6.66. The minimum atomic E-state index is -0.226. The van der Waals surface area contributed by atoms with Crippen LogP contribution in [-0.2, 0) is 0 Å². The summed E-state index contributed by atoms with van der Waals surface area (Å²) in [6.07, 6.45) is 1.59. The van der Waals surface area contributed by atoms with Crippen LogP contribution < -0.4 is 10.1 Å². The molecule has 0 atom stereocenters. The maximum absolute atomic E-state index is 12.1. The molecule has 0 spiro atoms. The third-order valence-electron chi connectivity index (χ3n) is 2.73. The molecule has 5 heteroatoms. The van der Waals surface area contributed by atoms with E-state index in [9.17, 15) is 4.79 Å². The van der Waals surface area contributed by atoms with Crippen LogP contribution in [0.2, 0.25) is 5.02 Å². The fraction of sp³-hybridized carbons (Fsp3) is 0.250. The van der Waals surface area contributed by atoms with E-state index in [1.54, 1.807) is 36.5 Å². The number of hydrogen-bond donors (Lipinski definition) is 1. The maximum Gasteiger partial charge on any atom is 0.257 e. The van der Waals surface area contributed by atoms with Crippen molar-refractivity contribution in [3.8, 4) is 5.75 Å². The molecule has 1 aromatic carbocycles. The molecule has 0 fully saturated rings. The first kappa shape index (κ1) is 15.3. The highest BCUT2D eigenvalue weighted by molar-refractivity contribution is 6.32. The van der Waals surface area contributed by atoms with Gasteiger partial charge in [0.15, 0.2) is 0 Å². The van der Waals surface area contributed by atoms with E-state index in [2.05, 4.69) is 10.3 Å². The van der Waals surface area contributed by atoms with Gasteiger partial charge in [-0.3, -0.25) is 9.78 Å². The average Bonchev–Trinajstić information content (AvgIpc) is 2.42. The summed E-state index contributed by atoms with van der Waals surface area (Å²) < 4.78 is 5.55. The van der Waals surface area contributed by atoms with Crippen LogP contribution in [0.1, 0.15) is 29.9 Å². The van der Waals surface area contributed by atoms with Crippen LogP contribution in [-0.4, -0.2) is 17.0 Å². The second-order valence-corrected chi connectivity index (χ2v) is 5.36. The third kappa shape index (κ3) is 4.20. The van der Waals surface area contributed by atoms with Crippen LogP contribution in [0.15, 0.2) is 36.5 Å². The summed E-state index contributed by atoms with van der Waals surface area (Å²) in [5.74, 6) is 0.373. The normalized spacial score (nSPS) is 10.5. The summed E-state index contributed by atoms with van der Waals surface area (Å²) in [4.78, 5) is 16.2. The van der Waals surface area contributed by atoms with Crippen molar-refractivity contribution >= 4 is 23.2 Å². The Kier molecular flexibility index (Phi) is 4.81. The Bertz CT molecular complexity index is 639. The van der Waals surface area contributed by atoms with Gasteiger partial charge in [-0.15, -0.1) is 0 Å². The lowest BCUT2D eigenvalue weighted by Crippen LogP contribution is -2.12. The highest BCUT2D eigenvalue weighted by atomic mass is 35.5. The number of hydrogen-bond acceptors (Lipinski definition) is 3. The van der Waals surface area contributed by atoms with Crippen LogP contribution in [0.25, 0.3) is 0 Å². The van der Waals surface area contributed by atoms with E-state index in [-0.39, 0.29) is 12.0 Å². The topological polar surface area (TPSA) is 51.2 Å². The van der Waals surface area contributed by atoms with Crippen LogP contribution >= 0.6 is 11.6 Å². The lowest BCUT2D eigenvalue weighted by Gasteiger charge is -2.12. The molecule has 0 aliphatic rings. The molecule has 1 heterocycles. The van der Waals surface area contributed by atoms with Crippen molar-refractivity contribution in [3.63, 3.8) is 0 Å². The molecule has 4 nitrogen and oxygen atoms in total. The number of benzene rings is 1. The van der Waals surface area contributed by atoms with Crippen molar-refractivity contribution in [2.45, 2.75) is 26.9 Å². The van der Waals surface area contributed by atoms with Gasteiger partial charge < -0.3 is 10.1 Å². The van der Waals surface area contributed by atoms with E-state index in [0.29, 0.717) is 22.0 Å². The summed E-state index contributed by atoms with van der Waals surface area (Å²) in [7, 11) is 0. The van der Waals surface area contributed by atoms with Gasteiger partial charge in [-0.2, -0.15) is 0 Å². The van der Waals surface area contributed by atoms with Gasteiger partial charge in [0, 0.05) is 17.6 Å². The lowest BCUT2D eigenvalue weighted by atomic mass is 10.2. The highest BCUT2D eigenvalue weighted by Crippen LogP contribution is 2.28. The number of nitrogens with one attached hydrogen (secondary N) is 1. The van der Waals surface area contributed by atoms with Crippen molar-refractivity contribution in [1.29, 1.82) is 0 Å². The number of ether oxygens (including phenoxy) is 1. The fourth-order valence-electron chi connectivity index (χ4n) is 1.73. The first-order valence-corrected chi connectivity index (χ1v) is 7.03. The number of carbonyl (C=O) groups excluding carboxylic acids is 1. The predicted molar refractivity (Wildman–Crippen MR) is 84.1 cm³/mol. The molecule has 1 N–H and O–H groups in total. The Morgan fingerprint density at radius 3 is 2.62 bits per heavy atom. The quantitative estimate of drug-likeness (QED) is 0.926.